The Morgan fingerprint density at radius 2 is 1.43 bits per heavy atom. The van der Waals surface area contributed by atoms with Crippen LogP contribution >= 0.6 is 34.8 Å². The highest BCUT2D eigenvalue weighted by molar-refractivity contribution is 7.75. The lowest BCUT2D eigenvalue weighted by molar-refractivity contribution is -0.112. The number of hydrogen-bond acceptors (Lipinski definition) is 7. The summed E-state index contributed by atoms with van der Waals surface area (Å²) in [5.74, 6) is -3.76. The minimum Gasteiger partial charge on any atom is -0.280 e. The van der Waals surface area contributed by atoms with Gasteiger partial charge < -0.3 is 0 Å². The first kappa shape index (κ1) is 18.1. The van der Waals surface area contributed by atoms with Crippen LogP contribution in [0.2, 0.25) is 0 Å². The third-order valence-electron chi connectivity index (χ3n) is 2.51. The van der Waals surface area contributed by atoms with Crippen molar-refractivity contribution in [1.29, 1.82) is 0 Å². The van der Waals surface area contributed by atoms with Gasteiger partial charge in [-0.3, -0.25) is 14.4 Å². The Bertz CT molecular complexity index is 832. The molecule has 114 valence electrons. The summed E-state index contributed by atoms with van der Waals surface area (Å²) >= 11 is 15.6. The molecule has 0 aromatic rings. The van der Waals surface area contributed by atoms with E-state index < -0.39 is 63.5 Å². The molecule has 2 atom stereocenters. The van der Waals surface area contributed by atoms with E-state index in [4.69, 9.17) is 34.8 Å². The van der Waals surface area contributed by atoms with E-state index in [1.54, 1.807) is 0 Å². The highest BCUT2D eigenvalue weighted by Crippen LogP contribution is 2.28. The zero-order chi connectivity index (χ0) is 16.5. The molecule has 1 rings (SSSR count). The first-order valence-electron chi connectivity index (χ1n) is 4.82. The zero-order valence-electron chi connectivity index (χ0n) is 9.54. The molecule has 0 fully saturated rings. The molecule has 0 saturated carbocycles. The van der Waals surface area contributed by atoms with Gasteiger partial charge in [0.15, 0.2) is 0 Å². The Hall–Kier alpha value is -1.00. The third kappa shape index (κ3) is 3.61. The van der Waals surface area contributed by atoms with E-state index in [2.05, 4.69) is 0 Å². The Kier molecular flexibility index (Phi) is 5.88. The maximum absolute atomic E-state index is 11.4. The lowest BCUT2D eigenvalue weighted by Gasteiger charge is -2.23. The van der Waals surface area contributed by atoms with Crippen LogP contribution < -0.4 is 0 Å². The van der Waals surface area contributed by atoms with Crippen LogP contribution in [0.4, 0.5) is 0 Å². The van der Waals surface area contributed by atoms with Crippen molar-refractivity contribution in [3.05, 3.63) is 11.6 Å². The minimum absolute atomic E-state index is 0.664. The smallest absolute Gasteiger partial charge is 0.253 e. The zero-order valence-corrected chi connectivity index (χ0v) is 13.4. The van der Waals surface area contributed by atoms with Gasteiger partial charge in [-0.1, -0.05) is 6.08 Å². The quantitative estimate of drug-likeness (QED) is 0.471. The molecule has 2 unspecified atom stereocenters. The van der Waals surface area contributed by atoms with Crippen molar-refractivity contribution in [2.45, 2.75) is 0 Å². The summed E-state index contributed by atoms with van der Waals surface area (Å²) in [7, 11) is -6.34. The van der Waals surface area contributed by atoms with Gasteiger partial charge in [0.2, 0.25) is 31.1 Å². The summed E-state index contributed by atoms with van der Waals surface area (Å²) in [5, 5.41) is -3.97. The molecular formula is C9H3Cl3O7S2. The van der Waals surface area contributed by atoms with Crippen molar-refractivity contribution in [3.8, 4) is 0 Å². The van der Waals surface area contributed by atoms with Crippen molar-refractivity contribution >= 4 is 80.8 Å². The van der Waals surface area contributed by atoms with Crippen molar-refractivity contribution < 1.29 is 31.2 Å². The molecule has 0 amide bonds. The fourth-order valence-electron chi connectivity index (χ4n) is 1.74. The topological polar surface area (TPSA) is 119 Å². The Morgan fingerprint density at radius 3 is 1.71 bits per heavy atom. The van der Waals surface area contributed by atoms with Gasteiger partial charge in [-0.25, -0.2) is 0 Å². The molecule has 0 radical (unpaired) electrons. The molecule has 12 heteroatoms. The average molecular weight is 394 g/mol. The molecule has 7 nitrogen and oxygen atoms in total. The van der Waals surface area contributed by atoms with Crippen molar-refractivity contribution in [2.24, 2.45) is 11.8 Å². The van der Waals surface area contributed by atoms with Gasteiger partial charge in [0.1, 0.15) is 10.8 Å². The lowest BCUT2D eigenvalue weighted by atomic mass is 9.83. The van der Waals surface area contributed by atoms with Gasteiger partial charge in [-0.15, -0.1) is 0 Å². The highest BCUT2D eigenvalue weighted by Gasteiger charge is 2.44. The largest absolute Gasteiger partial charge is 0.280 e. The molecule has 0 aromatic carbocycles. The maximum Gasteiger partial charge on any atom is 0.253 e. The van der Waals surface area contributed by atoms with E-state index in [1.165, 1.54) is 0 Å². The summed E-state index contributed by atoms with van der Waals surface area (Å²) in [6.07, 6.45) is 0.664. The van der Waals surface area contributed by atoms with Crippen LogP contribution in [-0.2, 0) is 35.0 Å². The number of rotatable bonds is 3. The normalized spacial score (nSPS) is 21.6. The number of carbonyl (C=O) groups excluding carboxylic acids is 3. The molecule has 1 aliphatic rings. The van der Waals surface area contributed by atoms with Crippen molar-refractivity contribution in [1.82, 2.24) is 0 Å². The van der Waals surface area contributed by atoms with Crippen LogP contribution in [0.3, 0.4) is 0 Å². The second-order valence-corrected chi connectivity index (χ2v) is 6.55. The molecule has 0 aliphatic heterocycles. The van der Waals surface area contributed by atoms with Gasteiger partial charge in [0, 0.05) is 0 Å². The van der Waals surface area contributed by atoms with Gasteiger partial charge in [-0.2, -0.15) is 16.8 Å². The van der Waals surface area contributed by atoms with E-state index in [1.807, 2.05) is 0 Å². The summed E-state index contributed by atoms with van der Waals surface area (Å²) in [6.45, 7) is 0. The molecule has 1 aliphatic carbocycles. The monoisotopic (exact) mass is 392 g/mol. The third-order valence-corrected chi connectivity index (χ3v) is 4.85. The fourth-order valence-corrected chi connectivity index (χ4v) is 4.20. The average Bonchev–Trinajstić information content (AvgIpc) is 2.34. The predicted octanol–water partition coefficient (Wildman–Crippen LogP) is -0.442. The predicted molar refractivity (Wildman–Crippen MR) is 75.5 cm³/mol. The molecular weight excluding hydrogens is 391 g/mol. The van der Waals surface area contributed by atoms with Crippen LogP contribution in [0.25, 0.3) is 0 Å². The van der Waals surface area contributed by atoms with Crippen LogP contribution in [0.5, 0.6) is 0 Å². The molecule has 21 heavy (non-hydrogen) atoms. The van der Waals surface area contributed by atoms with Crippen LogP contribution in [-0.4, -0.2) is 42.3 Å². The Labute approximate surface area is 135 Å². The highest BCUT2D eigenvalue weighted by atomic mass is 35.5. The number of carbonyl (C=O) groups is 3. The van der Waals surface area contributed by atoms with E-state index in [0.29, 0.717) is 6.08 Å². The summed E-state index contributed by atoms with van der Waals surface area (Å²) in [4.78, 5) is 32.2. The summed E-state index contributed by atoms with van der Waals surface area (Å²) < 4.78 is 44.8. The van der Waals surface area contributed by atoms with Crippen LogP contribution in [0, 0.1) is 11.8 Å². The lowest BCUT2D eigenvalue weighted by Crippen LogP contribution is -2.42. The molecule has 0 N–H and O–H groups in total. The van der Waals surface area contributed by atoms with Gasteiger partial charge >= 0.3 is 0 Å². The Balaban J connectivity index is 4.00. The second kappa shape index (κ2) is 6.84. The number of hydrogen-bond donors (Lipinski definition) is 0. The first-order valence-corrected chi connectivity index (χ1v) is 8.10. The second-order valence-electron chi connectivity index (χ2n) is 3.61. The SMILES string of the molecule is O=C(Cl)C1=CC(C(=O)Cl)C(=S(=O)=O)C(C(=O)Cl)C1=S(=O)=O. The molecule has 0 aromatic heterocycles. The molecule has 0 spiro atoms. The standard InChI is InChI=1S/C9H3Cl3O7S2/c10-7(13)2-1-3(8(11)14)6(21(18)19)4(9(12)15)5(2)20(16)17/h1-2,4H. The number of halogens is 3. The van der Waals surface area contributed by atoms with E-state index in [9.17, 15) is 31.2 Å². The van der Waals surface area contributed by atoms with Crippen LogP contribution in [0.15, 0.2) is 11.6 Å². The summed E-state index contributed by atoms with van der Waals surface area (Å²) in [5.41, 5.74) is -0.725. The Morgan fingerprint density at radius 1 is 0.905 bits per heavy atom. The van der Waals surface area contributed by atoms with Gasteiger partial charge in [0.25, 0.3) is 5.24 Å². The molecule has 0 saturated heterocycles. The van der Waals surface area contributed by atoms with Crippen molar-refractivity contribution in [2.75, 3.05) is 0 Å². The maximum atomic E-state index is 11.4. The summed E-state index contributed by atoms with van der Waals surface area (Å²) in [6, 6.07) is 0. The fraction of sp³-hybridized carbons (Fsp3) is 0.222. The molecule has 0 heterocycles. The van der Waals surface area contributed by atoms with E-state index in [0.717, 1.165) is 0 Å². The minimum atomic E-state index is -3.18. The van der Waals surface area contributed by atoms with E-state index in [-0.39, 0.29) is 0 Å². The van der Waals surface area contributed by atoms with E-state index >= 15 is 0 Å². The number of allylic oxidation sites excluding steroid dienone is 2. The van der Waals surface area contributed by atoms with Gasteiger partial charge in [0.05, 0.1) is 16.4 Å². The van der Waals surface area contributed by atoms with Gasteiger partial charge in [-0.05, 0) is 34.8 Å². The van der Waals surface area contributed by atoms with Crippen LogP contribution in [0.1, 0.15) is 0 Å². The molecule has 0 bridgehead atoms. The first-order chi connectivity index (χ1) is 9.59. The van der Waals surface area contributed by atoms with Crippen molar-refractivity contribution in [3.63, 3.8) is 0 Å².